The van der Waals surface area contributed by atoms with Gasteiger partial charge in [-0.2, -0.15) is 0 Å². The Balaban J connectivity index is 2.04. The number of β-amino-alcohol motifs (C(OH)–C–C–N with tert-alkyl or cyclic N) is 1. The second-order valence-corrected chi connectivity index (χ2v) is 4.69. The minimum absolute atomic E-state index is 0.162. The summed E-state index contributed by atoms with van der Waals surface area (Å²) >= 11 is 0. The van der Waals surface area contributed by atoms with Crippen molar-refractivity contribution in [1.82, 2.24) is 4.90 Å². The number of aliphatic hydroxyl groups is 1. The first-order valence-corrected chi connectivity index (χ1v) is 6.49. The van der Waals surface area contributed by atoms with Crippen molar-refractivity contribution in [3.05, 3.63) is 29.6 Å². The Hall–Kier alpha value is -1.17. The van der Waals surface area contributed by atoms with Gasteiger partial charge in [-0.3, -0.25) is 4.90 Å². The van der Waals surface area contributed by atoms with Gasteiger partial charge in [0.1, 0.15) is 0 Å². The maximum Gasteiger partial charge on any atom is 0.165 e. The van der Waals surface area contributed by atoms with Crippen molar-refractivity contribution in [1.29, 1.82) is 0 Å². The Bertz CT molecular complexity index is 427. The number of aliphatic hydroxyl groups excluding tert-OH is 1. The highest BCUT2D eigenvalue weighted by atomic mass is 19.1. The van der Waals surface area contributed by atoms with E-state index < -0.39 is 6.10 Å². The van der Waals surface area contributed by atoms with Crippen LogP contribution in [0.25, 0.3) is 0 Å². The maximum atomic E-state index is 13.6. The Morgan fingerprint density at radius 3 is 2.89 bits per heavy atom. The fourth-order valence-corrected chi connectivity index (χ4v) is 2.49. The number of hydrogen-bond acceptors (Lipinski definition) is 4. The minimum atomic E-state index is -0.487. The van der Waals surface area contributed by atoms with E-state index in [9.17, 15) is 9.50 Å². The Labute approximate surface area is 112 Å². The van der Waals surface area contributed by atoms with E-state index in [4.69, 9.17) is 9.47 Å². The molecule has 1 N–H and O–H groups in total. The van der Waals surface area contributed by atoms with Crippen molar-refractivity contribution in [3.8, 4) is 5.75 Å². The van der Waals surface area contributed by atoms with Crippen LogP contribution in [0.1, 0.15) is 12.5 Å². The maximum absolute atomic E-state index is 13.6. The van der Waals surface area contributed by atoms with Crippen molar-refractivity contribution in [2.24, 2.45) is 0 Å². The quantitative estimate of drug-likeness (QED) is 0.877. The van der Waals surface area contributed by atoms with Crippen LogP contribution >= 0.6 is 0 Å². The van der Waals surface area contributed by atoms with Gasteiger partial charge < -0.3 is 14.6 Å². The Morgan fingerprint density at radius 1 is 1.42 bits per heavy atom. The molecule has 2 atom stereocenters. The van der Waals surface area contributed by atoms with Gasteiger partial charge in [0.2, 0.25) is 0 Å². The molecule has 0 spiro atoms. The lowest BCUT2D eigenvalue weighted by Crippen LogP contribution is -2.26. The number of likely N-dealkylation sites (tertiary alicyclic amines) is 1. The van der Waals surface area contributed by atoms with Crippen molar-refractivity contribution >= 4 is 0 Å². The van der Waals surface area contributed by atoms with Crippen molar-refractivity contribution in [2.75, 3.05) is 26.8 Å². The summed E-state index contributed by atoms with van der Waals surface area (Å²) in [6, 6.07) is 4.88. The summed E-state index contributed by atoms with van der Waals surface area (Å²) in [5.74, 6) is -0.0852. The second kappa shape index (κ2) is 6.32. The molecule has 1 aliphatic heterocycles. The van der Waals surface area contributed by atoms with Gasteiger partial charge in [-0.25, -0.2) is 4.39 Å². The van der Waals surface area contributed by atoms with Crippen LogP contribution in [0.2, 0.25) is 0 Å². The third-order valence-electron chi connectivity index (χ3n) is 3.34. The molecule has 0 aromatic heterocycles. The Morgan fingerprint density at radius 2 is 2.21 bits per heavy atom. The van der Waals surface area contributed by atoms with Gasteiger partial charge >= 0.3 is 0 Å². The van der Waals surface area contributed by atoms with Gasteiger partial charge in [0.05, 0.1) is 19.3 Å². The van der Waals surface area contributed by atoms with Crippen molar-refractivity contribution < 1.29 is 19.0 Å². The highest BCUT2D eigenvalue weighted by molar-refractivity contribution is 5.34. The molecule has 4 nitrogen and oxygen atoms in total. The smallest absolute Gasteiger partial charge is 0.165 e. The number of halogens is 1. The SMILES string of the molecule is CCO[C@H]1CN(Cc2cccc(F)c2OC)C[C@@H]1O. The molecule has 5 heteroatoms. The molecule has 1 aliphatic rings. The molecule has 1 aromatic rings. The molecule has 0 radical (unpaired) electrons. The molecule has 0 amide bonds. The standard InChI is InChI=1S/C14H20FNO3/c1-3-19-13-9-16(8-12(13)17)7-10-5-4-6-11(15)14(10)18-2/h4-6,12-13,17H,3,7-9H2,1-2H3/t12-,13-/m0/s1. The molecule has 1 saturated heterocycles. The van der Waals surface area contributed by atoms with Crippen molar-refractivity contribution in [2.45, 2.75) is 25.7 Å². The minimum Gasteiger partial charge on any atom is -0.493 e. The molecule has 19 heavy (non-hydrogen) atoms. The lowest BCUT2D eigenvalue weighted by molar-refractivity contribution is -0.00245. The monoisotopic (exact) mass is 269 g/mol. The van der Waals surface area contributed by atoms with Gasteiger partial charge in [0, 0.05) is 31.8 Å². The number of rotatable bonds is 5. The molecule has 0 unspecified atom stereocenters. The average Bonchev–Trinajstić information content (AvgIpc) is 2.71. The summed E-state index contributed by atoms with van der Waals surface area (Å²) in [7, 11) is 1.46. The van der Waals surface area contributed by atoms with E-state index in [-0.39, 0.29) is 17.7 Å². The molecule has 106 valence electrons. The summed E-state index contributed by atoms with van der Waals surface area (Å²) in [5.41, 5.74) is 0.784. The number of benzene rings is 1. The topological polar surface area (TPSA) is 41.9 Å². The van der Waals surface area contributed by atoms with Gasteiger partial charge in [-0.15, -0.1) is 0 Å². The fourth-order valence-electron chi connectivity index (χ4n) is 2.49. The zero-order valence-corrected chi connectivity index (χ0v) is 11.3. The van der Waals surface area contributed by atoms with Gasteiger partial charge in [-0.1, -0.05) is 12.1 Å². The predicted octanol–water partition coefficient (Wildman–Crippen LogP) is 1.42. The van der Waals surface area contributed by atoms with E-state index in [1.807, 2.05) is 17.9 Å². The summed E-state index contributed by atoms with van der Waals surface area (Å²) in [6.45, 7) is 4.21. The van der Waals surface area contributed by atoms with Gasteiger partial charge in [0.15, 0.2) is 11.6 Å². The molecular weight excluding hydrogens is 249 g/mol. The summed E-state index contributed by atoms with van der Waals surface area (Å²) in [5, 5.41) is 9.88. The average molecular weight is 269 g/mol. The number of methoxy groups -OCH3 is 1. The first-order chi connectivity index (χ1) is 9.15. The van der Waals surface area contributed by atoms with Crippen LogP contribution in [0.3, 0.4) is 0 Å². The highest BCUT2D eigenvalue weighted by Crippen LogP contribution is 2.25. The van der Waals surface area contributed by atoms with Crippen LogP contribution in [0.4, 0.5) is 4.39 Å². The number of ether oxygens (including phenoxy) is 2. The summed E-state index contributed by atoms with van der Waals surface area (Å²) in [4.78, 5) is 2.04. The molecule has 1 heterocycles. The third kappa shape index (κ3) is 3.23. The molecule has 0 bridgehead atoms. The van der Waals surface area contributed by atoms with Crippen LogP contribution in [0.5, 0.6) is 5.75 Å². The van der Waals surface area contributed by atoms with Crippen LogP contribution in [0, 0.1) is 5.82 Å². The second-order valence-electron chi connectivity index (χ2n) is 4.69. The third-order valence-corrected chi connectivity index (χ3v) is 3.34. The van der Waals surface area contributed by atoms with Gasteiger partial charge in [-0.05, 0) is 13.0 Å². The fraction of sp³-hybridized carbons (Fsp3) is 0.571. The summed E-state index contributed by atoms with van der Waals surface area (Å²) in [6.07, 6.45) is -0.649. The normalized spacial score (nSPS) is 23.8. The van der Waals surface area contributed by atoms with Crippen LogP contribution in [-0.4, -0.2) is 49.0 Å². The molecule has 1 fully saturated rings. The van der Waals surface area contributed by atoms with Crippen LogP contribution < -0.4 is 4.74 Å². The number of hydrogen-bond donors (Lipinski definition) is 1. The molecule has 1 aromatic carbocycles. The molecule has 0 aliphatic carbocycles. The largest absolute Gasteiger partial charge is 0.493 e. The number of nitrogens with zero attached hydrogens (tertiary/aromatic N) is 1. The van der Waals surface area contributed by atoms with E-state index in [2.05, 4.69) is 0 Å². The number of para-hydroxylation sites is 1. The lowest BCUT2D eigenvalue weighted by atomic mass is 10.2. The van der Waals surface area contributed by atoms with E-state index in [0.717, 1.165) is 5.56 Å². The van der Waals surface area contributed by atoms with E-state index in [0.29, 0.717) is 26.2 Å². The zero-order valence-electron chi connectivity index (χ0n) is 11.3. The molecule has 2 rings (SSSR count). The molecule has 0 saturated carbocycles. The first kappa shape index (κ1) is 14.2. The van der Waals surface area contributed by atoms with E-state index in [1.54, 1.807) is 6.07 Å². The summed E-state index contributed by atoms with van der Waals surface area (Å²) < 4.78 is 24.1. The van der Waals surface area contributed by atoms with Gasteiger partial charge in [0.25, 0.3) is 0 Å². The zero-order chi connectivity index (χ0) is 13.8. The van der Waals surface area contributed by atoms with Crippen LogP contribution in [-0.2, 0) is 11.3 Å². The van der Waals surface area contributed by atoms with Crippen molar-refractivity contribution in [3.63, 3.8) is 0 Å². The van der Waals surface area contributed by atoms with Crippen LogP contribution in [0.15, 0.2) is 18.2 Å². The Kier molecular flexibility index (Phi) is 4.74. The first-order valence-electron chi connectivity index (χ1n) is 6.49. The predicted molar refractivity (Wildman–Crippen MR) is 69.6 cm³/mol. The lowest BCUT2D eigenvalue weighted by Gasteiger charge is -2.17. The van der Waals surface area contributed by atoms with E-state index in [1.165, 1.54) is 13.2 Å². The highest BCUT2D eigenvalue weighted by Gasteiger charge is 2.32. The van der Waals surface area contributed by atoms with E-state index >= 15 is 0 Å². The molecular formula is C14H20FNO3.